The maximum absolute atomic E-state index is 11.8. The third kappa shape index (κ3) is 6.92. The highest BCUT2D eigenvalue weighted by molar-refractivity contribution is 7.88. The van der Waals surface area contributed by atoms with Crippen LogP contribution in [0.5, 0.6) is 0 Å². The largest absolute Gasteiger partial charge is 0.455 e. The van der Waals surface area contributed by atoms with Gasteiger partial charge in [-0.05, 0) is 33.4 Å². The maximum Gasteiger partial charge on any atom is 0.231 e. The molecule has 2 rings (SSSR count). The van der Waals surface area contributed by atoms with Gasteiger partial charge < -0.3 is 10.2 Å². The van der Waals surface area contributed by atoms with E-state index in [-0.39, 0.29) is 0 Å². The number of hydrogen-bond donors (Lipinski definition) is 1. The summed E-state index contributed by atoms with van der Waals surface area (Å²) in [6.07, 6.45) is 5.55. The van der Waals surface area contributed by atoms with Crippen LogP contribution in [0.3, 0.4) is 0 Å². The van der Waals surface area contributed by atoms with Crippen molar-refractivity contribution < 1.29 is 12.8 Å². The quantitative estimate of drug-likeness (QED) is 0.792. The smallest absolute Gasteiger partial charge is 0.231 e. The first-order valence-electron chi connectivity index (χ1n) is 9.08. The summed E-state index contributed by atoms with van der Waals surface area (Å²) >= 11 is 1.58. The number of allylic oxidation sites excluding steroid dienone is 2. The van der Waals surface area contributed by atoms with Gasteiger partial charge in [-0.3, -0.25) is 4.31 Å². The van der Waals surface area contributed by atoms with Crippen LogP contribution in [0.4, 0.5) is 0 Å². The van der Waals surface area contributed by atoms with Gasteiger partial charge in [0.25, 0.3) is 0 Å². The number of nitrogens with two attached hydrogens (primary N) is 1. The van der Waals surface area contributed by atoms with E-state index in [9.17, 15) is 8.42 Å². The predicted molar refractivity (Wildman–Crippen MR) is 121 cm³/mol. The van der Waals surface area contributed by atoms with Crippen molar-refractivity contribution in [3.05, 3.63) is 39.2 Å². The number of aryl methyl sites for hydroxylation is 1. The number of nitrogens with zero attached hydrogens (tertiary/aromatic N) is 2. The minimum Gasteiger partial charge on any atom is -0.455 e. The Hall–Kier alpha value is -1.90. The van der Waals surface area contributed by atoms with Crippen molar-refractivity contribution in [2.45, 2.75) is 41.0 Å². The first-order valence-corrected chi connectivity index (χ1v) is 11.7. The zero-order valence-electron chi connectivity index (χ0n) is 18.2. The number of thiazole rings is 1. The summed E-state index contributed by atoms with van der Waals surface area (Å²) in [5.74, 6) is 0.693. The molecule has 2 heterocycles. The Kier molecular flexibility index (Phi) is 11.0. The average Bonchev–Trinajstić information content (AvgIpc) is 3.28. The molecule has 8 heteroatoms. The van der Waals surface area contributed by atoms with Gasteiger partial charge in [0, 0.05) is 24.5 Å². The first-order chi connectivity index (χ1) is 13.1. The van der Waals surface area contributed by atoms with Crippen molar-refractivity contribution in [3.63, 3.8) is 0 Å². The molecule has 0 saturated heterocycles. The van der Waals surface area contributed by atoms with Crippen molar-refractivity contribution in [1.82, 2.24) is 9.29 Å². The summed E-state index contributed by atoms with van der Waals surface area (Å²) in [4.78, 5) is 5.27. The van der Waals surface area contributed by atoms with Crippen LogP contribution < -0.4 is 16.4 Å². The molecule has 158 valence electrons. The second-order valence-corrected chi connectivity index (χ2v) is 8.86. The number of hydrogen-bond acceptors (Lipinski definition) is 6. The van der Waals surface area contributed by atoms with E-state index >= 15 is 0 Å². The monoisotopic (exact) mass is 427 g/mol. The summed E-state index contributed by atoms with van der Waals surface area (Å²) in [5.41, 5.74) is 6.48. The topological polar surface area (TPSA) is 89.4 Å². The van der Waals surface area contributed by atoms with Gasteiger partial charge >= 0.3 is 0 Å². The summed E-state index contributed by atoms with van der Waals surface area (Å²) in [5, 5.41) is 1.75. The van der Waals surface area contributed by atoms with Gasteiger partial charge in [-0.15, -0.1) is 11.3 Å². The molecule has 0 aliphatic heterocycles. The SMILES string of the molecule is C=c1cc(-c2cnc(CC)s2)o/c1=C/C(=C(C)C)N(C)S(C)(=O)=O.CC.CN. The summed E-state index contributed by atoms with van der Waals surface area (Å²) in [7, 11) is -0.326. The first kappa shape index (κ1) is 26.1. The lowest BCUT2D eigenvalue weighted by atomic mass is 10.2. The molecule has 0 spiro atoms. The lowest BCUT2D eigenvalue weighted by molar-refractivity contribution is 0.529. The predicted octanol–water partition coefficient (Wildman–Crippen LogP) is 2.94. The summed E-state index contributed by atoms with van der Waals surface area (Å²) in [6.45, 7) is 13.8. The molecule has 0 aliphatic carbocycles. The van der Waals surface area contributed by atoms with Crippen LogP contribution in [0.25, 0.3) is 23.3 Å². The van der Waals surface area contributed by atoms with Crippen molar-refractivity contribution in [3.8, 4) is 10.6 Å². The Morgan fingerprint density at radius 2 is 1.93 bits per heavy atom. The summed E-state index contributed by atoms with van der Waals surface area (Å²) in [6, 6.07) is 1.85. The molecule has 2 aromatic heterocycles. The van der Waals surface area contributed by atoms with Gasteiger partial charge in [0.05, 0.1) is 21.8 Å². The lowest BCUT2D eigenvalue weighted by Gasteiger charge is -2.19. The van der Waals surface area contributed by atoms with Gasteiger partial charge in [-0.2, -0.15) is 0 Å². The van der Waals surface area contributed by atoms with Crippen molar-refractivity contribution in [1.29, 1.82) is 0 Å². The minimum absolute atomic E-state index is 0.545. The molecule has 6 nitrogen and oxygen atoms in total. The van der Waals surface area contributed by atoms with E-state index in [1.165, 1.54) is 24.7 Å². The highest BCUT2D eigenvalue weighted by atomic mass is 32.2. The second-order valence-electron chi connectivity index (χ2n) is 5.73. The minimum atomic E-state index is -3.35. The maximum atomic E-state index is 11.8. The fourth-order valence-electron chi connectivity index (χ4n) is 2.13. The molecule has 0 aromatic carbocycles. The molecular weight excluding hydrogens is 394 g/mol. The average molecular weight is 428 g/mol. The zero-order valence-corrected chi connectivity index (χ0v) is 19.8. The molecule has 0 saturated carbocycles. The van der Waals surface area contributed by atoms with Gasteiger partial charge in [0.2, 0.25) is 10.0 Å². The molecule has 0 bridgehead atoms. The molecule has 0 amide bonds. The Labute approximate surface area is 173 Å². The lowest BCUT2D eigenvalue weighted by Crippen LogP contribution is -2.27. The highest BCUT2D eigenvalue weighted by Crippen LogP contribution is 2.24. The van der Waals surface area contributed by atoms with E-state index in [0.29, 0.717) is 22.1 Å². The van der Waals surface area contributed by atoms with Gasteiger partial charge in [-0.1, -0.05) is 32.9 Å². The Bertz CT molecular complexity index is 982. The molecule has 0 fully saturated rings. The number of furan rings is 1. The zero-order chi connectivity index (χ0) is 22.1. The fraction of sp³-hybridized carbons (Fsp3) is 0.450. The van der Waals surface area contributed by atoms with Crippen molar-refractivity contribution in [2.75, 3.05) is 20.4 Å². The van der Waals surface area contributed by atoms with Crippen LogP contribution in [0.1, 0.15) is 39.6 Å². The van der Waals surface area contributed by atoms with E-state index in [4.69, 9.17) is 4.42 Å². The van der Waals surface area contributed by atoms with E-state index in [0.717, 1.165) is 21.9 Å². The van der Waals surface area contributed by atoms with Crippen LogP contribution >= 0.6 is 11.3 Å². The van der Waals surface area contributed by atoms with Gasteiger partial charge in [0.1, 0.15) is 11.2 Å². The molecule has 2 aromatic rings. The van der Waals surface area contributed by atoms with Crippen molar-refractivity contribution >= 4 is 34.0 Å². The van der Waals surface area contributed by atoms with E-state index in [1.54, 1.807) is 23.6 Å². The number of aromatic nitrogens is 1. The second kappa shape index (κ2) is 11.8. The van der Waals surface area contributed by atoms with Crippen LogP contribution in [0.15, 0.2) is 28.0 Å². The molecule has 0 unspecified atom stereocenters. The highest BCUT2D eigenvalue weighted by Gasteiger charge is 2.15. The Morgan fingerprint density at radius 1 is 1.36 bits per heavy atom. The van der Waals surface area contributed by atoms with Gasteiger partial charge in [-0.25, -0.2) is 13.4 Å². The Balaban J connectivity index is 0.00000171. The van der Waals surface area contributed by atoms with Crippen LogP contribution in [0.2, 0.25) is 0 Å². The van der Waals surface area contributed by atoms with Crippen LogP contribution in [-0.4, -0.2) is 38.1 Å². The number of rotatable bonds is 5. The molecule has 2 N–H and O–H groups in total. The van der Waals surface area contributed by atoms with Crippen LogP contribution in [-0.2, 0) is 16.4 Å². The van der Waals surface area contributed by atoms with E-state index in [2.05, 4.69) is 24.2 Å². The van der Waals surface area contributed by atoms with E-state index in [1.807, 2.05) is 33.8 Å². The standard InChI is InChI=1S/C17H22N2O3S2.C2H6.CH5N/c1-7-17-18-10-16(23-17)15-8-12(4)14(22-15)9-13(11(2)3)19(5)24(6,20)21;2*1-2/h8-10H,4,7H2,1-3,5-6H3;1-2H3;2H2,1H3/b14-9+;;. The fourth-order valence-corrected chi connectivity index (χ4v) is 3.53. The molecule has 0 atom stereocenters. The molecule has 0 aliphatic rings. The van der Waals surface area contributed by atoms with Crippen molar-refractivity contribution in [2.24, 2.45) is 5.73 Å². The molecule has 0 radical (unpaired) electrons. The third-order valence-corrected chi connectivity index (χ3v) is 5.91. The normalized spacial score (nSPS) is 11.1. The van der Waals surface area contributed by atoms with Crippen LogP contribution in [0, 0.1) is 0 Å². The van der Waals surface area contributed by atoms with E-state index < -0.39 is 10.0 Å². The van der Waals surface area contributed by atoms with Gasteiger partial charge in [0.15, 0.2) is 0 Å². The number of sulfonamides is 1. The molecule has 28 heavy (non-hydrogen) atoms. The summed E-state index contributed by atoms with van der Waals surface area (Å²) < 4.78 is 30.8. The molecular formula is C20H33N3O3S2. The third-order valence-electron chi connectivity index (χ3n) is 3.56. The Morgan fingerprint density at radius 3 is 2.36 bits per heavy atom.